The largest absolute Gasteiger partial charge is 0.281 e. The Kier molecular flexibility index (Phi) is 3.02. The smallest absolute Gasteiger partial charge is 0.274 e. The van der Waals surface area contributed by atoms with Crippen LogP contribution in [0.4, 0.5) is 0 Å². The van der Waals surface area contributed by atoms with Gasteiger partial charge in [0.1, 0.15) is 0 Å². The molecule has 0 N–H and O–H groups in total. The minimum Gasteiger partial charge on any atom is -0.274 e. The van der Waals surface area contributed by atoms with Gasteiger partial charge in [0.2, 0.25) is 0 Å². The van der Waals surface area contributed by atoms with E-state index in [9.17, 15) is 4.79 Å². The highest BCUT2D eigenvalue weighted by Gasteiger charge is 2.16. The SMILES string of the molecule is CON(C)C(=O)c1csnc1Cl. The van der Waals surface area contributed by atoms with E-state index in [1.807, 2.05) is 0 Å². The zero-order valence-corrected chi connectivity index (χ0v) is 8.15. The maximum absolute atomic E-state index is 11.3. The van der Waals surface area contributed by atoms with Crippen LogP contribution in [0.5, 0.6) is 0 Å². The lowest BCUT2D eigenvalue weighted by Crippen LogP contribution is -2.25. The molecule has 0 aliphatic rings. The molecule has 0 saturated heterocycles. The molecule has 1 heterocycles. The molecule has 1 aromatic heterocycles. The average molecular weight is 207 g/mol. The number of nitrogens with zero attached hydrogens (tertiary/aromatic N) is 2. The predicted octanol–water partition coefficient (Wildman–Crippen LogP) is 1.43. The lowest BCUT2D eigenvalue weighted by Gasteiger charge is -2.11. The summed E-state index contributed by atoms with van der Waals surface area (Å²) in [6.45, 7) is 0. The van der Waals surface area contributed by atoms with E-state index in [0.29, 0.717) is 5.56 Å². The third kappa shape index (κ3) is 1.74. The molecule has 0 aromatic carbocycles. The van der Waals surface area contributed by atoms with Crippen LogP contribution < -0.4 is 0 Å². The van der Waals surface area contributed by atoms with Crippen LogP contribution in [0.25, 0.3) is 0 Å². The fraction of sp³-hybridized carbons (Fsp3) is 0.333. The van der Waals surface area contributed by atoms with Crippen molar-refractivity contribution in [2.75, 3.05) is 14.2 Å². The van der Waals surface area contributed by atoms with Crippen LogP contribution in [-0.4, -0.2) is 29.5 Å². The van der Waals surface area contributed by atoms with Gasteiger partial charge in [0.25, 0.3) is 5.91 Å². The number of rotatable bonds is 2. The molecule has 66 valence electrons. The van der Waals surface area contributed by atoms with Crippen LogP contribution in [0.15, 0.2) is 5.38 Å². The Morgan fingerprint density at radius 3 is 2.92 bits per heavy atom. The zero-order chi connectivity index (χ0) is 9.14. The summed E-state index contributed by atoms with van der Waals surface area (Å²) >= 11 is 6.77. The molecule has 4 nitrogen and oxygen atoms in total. The number of aromatic nitrogens is 1. The predicted molar refractivity (Wildman–Crippen MR) is 46.2 cm³/mol. The summed E-state index contributed by atoms with van der Waals surface area (Å²) in [5.74, 6) is -0.295. The van der Waals surface area contributed by atoms with E-state index in [2.05, 4.69) is 4.37 Å². The molecule has 1 amide bonds. The van der Waals surface area contributed by atoms with Crippen LogP contribution in [0.1, 0.15) is 10.4 Å². The number of hydroxylamine groups is 2. The number of hydrogen-bond donors (Lipinski definition) is 0. The van der Waals surface area contributed by atoms with Crippen LogP contribution in [-0.2, 0) is 4.84 Å². The van der Waals surface area contributed by atoms with E-state index < -0.39 is 0 Å². The van der Waals surface area contributed by atoms with Crippen LogP contribution in [0.3, 0.4) is 0 Å². The number of halogens is 1. The summed E-state index contributed by atoms with van der Waals surface area (Å²) in [7, 11) is 2.92. The van der Waals surface area contributed by atoms with Gasteiger partial charge in [-0.25, -0.2) is 5.06 Å². The molecule has 1 rings (SSSR count). The van der Waals surface area contributed by atoms with E-state index >= 15 is 0 Å². The fourth-order valence-electron chi connectivity index (χ4n) is 0.614. The van der Waals surface area contributed by atoms with E-state index in [1.165, 1.54) is 14.2 Å². The summed E-state index contributed by atoms with van der Waals surface area (Å²) in [5.41, 5.74) is 0.367. The van der Waals surface area contributed by atoms with Crippen molar-refractivity contribution in [1.82, 2.24) is 9.44 Å². The lowest BCUT2D eigenvalue weighted by molar-refractivity contribution is -0.0756. The first kappa shape index (κ1) is 9.44. The topological polar surface area (TPSA) is 42.4 Å². The Hall–Kier alpha value is -0.650. The average Bonchev–Trinajstić information content (AvgIpc) is 2.48. The number of hydrogen-bond acceptors (Lipinski definition) is 4. The zero-order valence-electron chi connectivity index (χ0n) is 6.57. The molecular formula is C6H7ClN2O2S. The highest BCUT2D eigenvalue weighted by Crippen LogP contribution is 2.17. The van der Waals surface area contributed by atoms with Crippen molar-refractivity contribution in [2.24, 2.45) is 0 Å². The maximum Gasteiger partial charge on any atom is 0.281 e. The first-order valence-electron chi connectivity index (χ1n) is 3.09. The summed E-state index contributed by atoms with van der Waals surface area (Å²) in [6, 6.07) is 0. The van der Waals surface area contributed by atoms with Gasteiger partial charge in [0, 0.05) is 12.4 Å². The second-order valence-electron chi connectivity index (χ2n) is 2.00. The molecule has 0 saturated carbocycles. The number of amides is 1. The number of carbonyl (C=O) groups excluding carboxylic acids is 1. The Bertz CT molecular complexity index is 289. The van der Waals surface area contributed by atoms with Gasteiger partial charge < -0.3 is 0 Å². The lowest BCUT2D eigenvalue weighted by atomic mass is 10.3. The third-order valence-electron chi connectivity index (χ3n) is 1.32. The summed E-state index contributed by atoms with van der Waals surface area (Å²) in [5, 5.41) is 2.89. The van der Waals surface area contributed by atoms with E-state index in [4.69, 9.17) is 16.4 Å². The molecule has 1 aromatic rings. The standard InChI is InChI=1S/C6H7ClN2O2S/c1-9(11-2)6(10)4-3-12-8-5(4)7/h3H,1-2H3. The Morgan fingerprint density at radius 2 is 2.50 bits per heavy atom. The summed E-state index contributed by atoms with van der Waals surface area (Å²) in [4.78, 5) is 16.0. The Labute approximate surface area is 78.8 Å². The van der Waals surface area contributed by atoms with Crippen molar-refractivity contribution in [1.29, 1.82) is 0 Å². The van der Waals surface area contributed by atoms with Crippen molar-refractivity contribution in [3.05, 3.63) is 16.1 Å². The van der Waals surface area contributed by atoms with Crippen LogP contribution >= 0.6 is 23.1 Å². The first-order chi connectivity index (χ1) is 5.66. The molecule has 12 heavy (non-hydrogen) atoms. The van der Waals surface area contributed by atoms with E-state index in [0.717, 1.165) is 16.6 Å². The van der Waals surface area contributed by atoms with Gasteiger partial charge in [-0.3, -0.25) is 9.63 Å². The van der Waals surface area contributed by atoms with Crippen LogP contribution in [0.2, 0.25) is 5.15 Å². The Morgan fingerprint density at radius 1 is 1.83 bits per heavy atom. The molecule has 0 aliphatic carbocycles. The van der Waals surface area contributed by atoms with Gasteiger partial charge in [-0.2, -0.15) is 4.37 Å². The van der Waals surface area contributed by atoms with Crippen molar-refractivity contribution in [3.8, 4) is 0 Å². The maximum atomic E-state index is 11.3. The highest BCUT2D eigenvalue weighted by atomic mass is 35.5. The normalized spacial score (nSPS) is 9.92. The van der Waals surface area contributed by atoms with Gasteiger partial charge >= 0.3 is 0 Å². The monoisotopic (exact) mass is 206 g/mol. The van der Waals surface area contributed by atoms with Gasteiger partial charge in [0.05, 0.1) is 12.7 Å². The first-order valence-corrected chi connectivity index (χ1v) is 4.30. The second kappa shape index (κ2) is 3.84. The minimum absolute atomic E-state index is 0.217. The molecule has 0 bridgehead atoms. The van der Waals surface area contributed by atoms with Gasteiger partial charge in [0.15, 0.2) is 5.15 Å². The highest BCUT2D eigenvalue weighted by molar-refractivity contribution is 7.04. The minimum atomic E-state index is -0.295. The van der Waals surface area contributed by atoms with Gasteiger partial charge in [-0.15, -0.1) is 0 Å². The van der Waals surface area contributed by atoms with Crippen molar-refractivity contribution < 1.29 is 9.63 Å². The van der Waals surface area contributed by atoms with E-state index in [-0.39, 0.29) is 11.1 Å². The number of carbonyl (C=O) groups is 1. The molecule has 0 atom stereocenters. The van der Waals surface area contributed by atoms with Crippen LogP contribution in [0, 0.1) is 0 Å². The van der Waals surface area contributed by atoms with Crippen molar-refractivity contribution in [3.63, 3.8) is 0 Å². The van der Waals surface area contributed by atoms with Gasteiger partial charge in [-0.1, -0.05) is 11.6 Å². The van der Waals surface area contributed by atoms with Crippen molar-refractivity contribution in [2.45, 2.75) is 0 Å². The molecule has 0 aliphatic heterocycles. The third-order valence-corrected chi connectivity index (χ3v) is 2.33. The summed E-state index contributed by atoms with van der Waals surface area (Å²) in [6.07, 6.45) is 0. The quantitative estimate of drug-likeness (QED) is 0.688. The van der Waals surface area contributed by atoms with E-state index in [1.54, 1.807) is 5.38 Å². The molecule has 0 unspecified atom stereocenters. The molecule has 0 radical (unpaired) electrons. The molecule has 0 fully saturated rings. The second-order valence-corrected chi connectivity index (χ2v) is 2.99. The molecule has 6 heteroatoms. The van der Waals surface area contributed by atoms with Gasteiger partial charge in [-0.05, 0) is 11.5 Å². The summed E-state index contributed by atoms with van der Waals surface area (Å²) < 4.78 is 3.76. The fourth-order valence-corrected chi connectivity index (χ4v) is 1.50. The van der Waals surface area contributed by atoms with Crippen molar-refractivity contribution >= 4 is 29.0 Å². The Balaban J connectivity index is 2.85. The molecule has 0 spiro atoms. The molecular weight excluding hydrogens is 200 g/mol.